The summed E-state index contributed by atoms with van der Waals surface area (Å²) in [6.45, 7) is 2.72. The molecule has 0 amide bonds. The topological polar surface area (TPSA) is 98.8 Å². The van der Waals surface area contributed by atoms with Crippen LogP contribution in [0.5, 0.6) is 5.75 Å². The molecule has 0 spiro atoms. The van der Waals surface area contributed by atoms with E-state index in [1.807, 2.05) is 0 Å². The van der Waals surface area contributed by atoms with Crippen molar-refractivity contribution in [2.45, 2.75) is 24.8 Å². The van der Waals surface area contributed by atoms with Gasteiger partial charge in [0.05, 0.1) is 17.6 Å². The fourth-order valence-corrected chi connectivity index (χ4v) is 3.60. The predicted molar refractivity (Wildman–Crippen MR) is 99.5 cm³/mol. The highest BCUT2D eigenvalue weighted by molar-refractivity contribution is 7.89. The summed E-state index contributed by atoms with van der Waals surface area (Å²) in [4.78, 5) is 24.2. The van der Waals surface area contributed by atoms with Gasteiger partial charge in [-0.2, -0.15) is 0 Å². The lowest BCUT2D eigenvalue weighted by Crippen LogP contribution is -2.30. The molecule has 0 fully saturated rings. The normalized spacial score (nSPS) is 11.3. The van der Waals surface area contributed by atoms with Gasteiger partial charge >= 0.3 is 5.97 Å². The molecule has 7 nitrogen and oxygen atoms in total. The molecule has 0 aromatic heterocycles. The summed E-state index contributed by atoms with van der Waals surface area (Å²) in [5, 5.41) is 0. The molecule has 1 N–H and O–H groups in total. The molecule has 0 saturated heterocycles. The van der Waals surface area contributed by atoms with Crippen LogP contribution >= 0.6 is 0 Å². The fraction of sp³-hybridized carbons (Fsp3) is 0.263. The second kappa shape index (κ2) is 8.94. The highest BCUT2D eigenvalue weighted by atomic mass is 32.2. The molecule has 0 heterocycles. The highest BCUT2D eigenvalue weighted by Crippen LogP contribution is 2.18. The number of esters is 1. The SMILES string of the molecule is COc1ccc(C(=O)COC(=O)c2cccc(S(=O)(=O)NC(C)C)c2)cc1F. The number of rotatable bonds is 8. The van der Waals surface area contributed by atoms with Crippen LogP contribution in [0.25, 0.3) is 0 Å². The Morgan fingerprint density at radius 3 is 2.43 bits per heavy atom. The monoisotopic (exact) mass is 409 g/mol. The Hall–Kier alpha value is -2.78. The van der Waals surface area contributed by atoms with Gasteiger partial charge in [0.2, 0.25) is 10.0 Å². The average Bonchev–Trinajstić information content (AvgIpc) is 2.64. The van der Waals surface area contributed by atoms with Crippen LogP contribution < -0.4 is 9.46 Å². The van der Waals surface area contributed by atoms with Crippen molar-refractivity contribution in [2.75, 3.05) is 13.7 Å². The Morgan fingerprint density at radius 2 is 1.82 bits per heavy atom. The first kappa shape index (κ1) is 21.5. The van der Waals surface area contributed by atoms with Gasteiger partial charge in [-0.1, -0.05) is 6.07 Å². The molecule has 28 heavy (non-hydrogen) atoms. The number of nitrogens with one attached hydrogen (secondary N) is 1. The molecule has 2 aromatic rings. The van der Waals surface area contributed by atoms with Crippen LogP contribution in [0.15, 0.2) is 47.4 Å². The van der Waals surface area contributed by atoms with Crippen LogP contribution in [0.3, 0.4) is 0 Å². The van der Waals surface area contributed by atoms with Crippen LogP contribution in [0.1, 0.15) is 34.6 Å². The minimum Gasteiger partial charge on any atom is -0.494 e. The zero-order valence-corrected chi connectivity index (χ0v) is 16.4. The van der Waals surface area contributed by atoms with Gasteiger partial charge in [-0.3, -0.25) is 4.79 Å². The lowest BCUT2D eigenvalue weighted by molar-refractivity contribution is 0.0474. The van der Waals surface area contributed by atoms with Gasteiger partial charge in [-0.05, 0) is 50.2 Å². The number of hydrogen-bond donors (Lipinski definition) is 1. The van der Waals surface area contributed by atoms with E-state index in [0.717, 1.165) is 12.1 Å². The first-order chi connectivity index (χ1) is 13.1. The number of ether oxygens (including phenoxy) is 2. The standard InChI is InChI=1S/C19H20FNO6S/c1-12(2)21-28(24,25)15-6-4-5-14(9-15)19(23)27-11-17(22)13-7-8-18(26-3)16(20)10-13/h4-10,12,21H,11H2,1-3H3. The zero-order chi connectivity index (χ0) is 20.9. The van der Waals surface area contributed by atoms with E-state index in [-0.39, 0.29) is 27.8 Å². The summed E-state index contributed by atoms with van der Waals surface area (Å²) in [6, 6.07) is 8.57. The number of Topliss-reactive ketones (excluding diaryl/α,β-unsaturated/α-hetero) is 1. The Bertz CT molecular complexity index is 988. The molecule has 0 aliphatic heterocycles. The molecule has 0 aliphatic carbocycles. The Kier molecular flexibility index (Phi) is 6.87. The average molecular weight is 409 g/mol. The number of methoxy groups -OCH3 is 1. The van der Waals surface area contributed by atoms with Crippen LogP contribution in [0, 0.1) is 5.82 Å². The Balaban J connectivity index is 2.08. The smallest absolute Gasteiger partial charge is 0.338 e. The first-order valence-corrected chi connectivity index (χ1v) is 9.78. The highest BCUT2D eigenvalue weighted by Gasteiger charge is 2.19. The largest absolute Gasteiger partial charge is 0.494 e. The maximum Gasteiger partial charge on any atom is 0.338 e. The van der Waals surface area contributed by atoms with E-state index in [1.165, 1.54) is 37.4 Å². The van der Waals surface area contributed by atoms with Crippen molar-refractivity contribution in [1.82, 2.24) is 4.72 Å². The molecule has 0 atom stereocenters. The number of sulfonamides is 1. The first-order valence-electron chi connectivity index (χ1n) is 8.30. The molecular formula is C19H20FNO6S. The summed E-state index contributed by atoms with van der Waals surface area (Å²) in [7, 11) is -2.48. The van der Waals surface area contributed by atoms with Gasteiger partial charge in [0.1, 0.15) is 0 Å². The number of halogens is 1. The molecule has 0 aliphatic rings. The predicted octanol–water partition coefficient (Wildman–Crippen LogP) is 2.56. The van der Waals surface area contributed by atoms with E-state index in [9.17, 15) is 22.4 Å². The molecule has 2 aromatic carbocycles. The van der Waals surface area contributed by atoms with E-state index in [0.29, 0.717) is 0 Å². The van der Waals surface area contributed by atoms with E-state index in [4.69, 9.17) is 9.47 Å². The van der Waals surface area contributed by atoms with Crippen molar-refractivity contribution in [1.29, 1.82) is 0 Å². The van der Waals surface area contributed by atoms with Gasteiger partial charge in [0.25, 0.3) is 0 Å². The van der Waals surface area contributed by atoms with Crippen LogP contribution in [0.2, 0.25) is 0 Å². The third-order valence-corrected chi connectivity index (χ3v) is 5.24. The van der Waals surface area contributed by atoms with E-state index >= 15 is 0 Å². The van der Waals surface area contributed by atoms with Crippen LogP contribution in [-0.2, 0) is 14.8 Å². The van der Waals surface area contributed by atoms with Crippen molar-refractivity contribution in [3.05, 3.63) is 59.4 Å². The van der Waals surface area contributed by atoms with Gasteiger partial charge < -0.3 is 9.47 Å². The third-order valence-electron chi connectivity index (χ3n) is 3.58. The zero-order valence-electron chi connectivity index (χ0n) is 15.6. The minimum absolute atomic E-state index is 0.0124. The molecule has 0 unspecified atom stereocenters. The van der Waals surface area contributed by atoms with Crippen molar-refractivity contribution >= 4 is 21.8 Å². The van der Waals surface area contributed by atoms with E-state index in [1.54, 1.807) is 13.8 Å². The number of ketones is 1. The second-order valence-electron chi connectivity index (χ2n) is 6.15. The molecule has 9 heteroatoms. The lowest BCUT2D eigenvalue weighted by atomic mass is 10.1. The molecule has 2 rings (SSSR count). The molecule has 0 saturated carbocycles. The van der Waals surface area contributed by atoms with Crippen LogP contribution in [-0.4, -0.2) is 39.9 Å². The van der Waals surface area contributed by atoms with Gasteiger partial charge in [0.15, 0.2) is 24.0 Å². The summed E-state index contributed by atoms with van der Waals surface area (Å²) in [6.07, 6.45) is 0. The van der Waals surface area contributed by atoms with Gasteiger partial charge in [-0.15, -0.1) is 0 Å². The van der Waals surface area contributed by atoms with Crippen molar-refractivity contribution in [2.24, 2.45) is 0 Å². The number of benzene rings is 2. The quantitative estimate of drug-likeness (QED) is 0.531. The molecule has 0 radical (unpaired) electrons. The Labute approximate surface area is 162 Å². The fourth-order valence-electron chi connectivity index (χ4n) is 2.31. The van der Waals surface area contributed by atoms with Crippen molar-refractivity contribution in [3.8, 4) is 5.75 Å². The number of carbonyl (C=O) groups excluding carboxylic acids is 2. The molecular weight excluding hydrogens is 389 g/mol. The summed E-state index contributed by atoms with van der Waals surface area (Å²) in [5.41, 5.74) is -0.0103. The molecule has 150 valence electrons. The second-order valence-corrected chi connectivity index (χ2v) is 7.87. The van der Waals surface area contributed by atoms with Gasteiger partial charge in [-0.25, -0.2) is 22.3 Å². The summed E-state index contributed by atoms with van der Waals surface area (Å²) in [5.74, 6) is -2.21. The summed E-state index contributed by atoms with van der Waals surface area (Å²) >= 11 is 0. The van der Waals surface area contributed by atoms with E-state index < -0.39 is 34.2 Å². The minimum atomic E-state index is -3.78. The van der Waals surface area contributed by atoms with Gasteiger partial charge in [0, 0.05) is 11.6 Å². The van der Waals surface area contributed by atoms with E-state index in [2.05, 4.69) is 4.72 Å². The maximum absolute atomic E-state index is 13.7. The Morgan fingerprint density at radius 1 is 1.11 bits per heavy atom. The number of hydrogen-bond acceptors (Lipinski definition) is 6. The molecule has 0 bridgehead atoms. The van der Waals surface area contributed by atoms with Crippen LogP contribution in [0.4, 0.5) is 4.39 Å². The van der Waals surface area contributed by atoms with Crippen molar-refractivity contribution in [3.63, 3.8) is 0 Å². The lowest BCUT2D eigenvalue weighted by Gasteiger charge is -2.10. The number of carbonyl (C=O) groups is 2. The third kappa shape index (κ3) is 5.37. The van der Waals surface area contributed by atoms with Crippen molar-refractivity contribution < 1.29 is 31.9 Å². The summed E-state index contributed by atoms with van der Waals surface area (Å²) < 4.78 is 50.2. The maximum atomic E-state index is 13.7.